The predicted octanol–water partition coefficient (Wildman–Crippen LogP) is 2.71. The molecule has 1 aliphatic rings. The highest BCUT2D eigenvalue weighted by Gasteiger charge is 2.25. The molecule has 126 valence electrons. The molecule has 0 aliphatic carbocycles. The molecule has 2 unspecified atom stereocenters. The molecule has 2 atom stereocenters. The van der Waals surface area contributed by atoms with Crippen LogP contribution >= 0.6 is 0 Å². The van der Waals surface area contributed by atoms with Gasteiger partial charge in [0, 0.05) is 19.6 Å². The molecule has 24 heavy (non-hydrogen) atoms. The highest BCUT2D eigenvalue weighted by Crippen LogP contribution is 2.33. The molecule has 2 aromatic carbocycles. The summed E-state index contributed by atoms with van der Waals surface area (Å²) in [7, 11) is 1.79. The first kappa shape index (κ1) is 16.3. The van der Waals surface area contributed by atoms with Crippen LogP contribution in [0.15, 0.2) is 48.5 Å². The van der Waals surface area contributed by atoms with Gasteiger partial charge in [0.25, 0.3) is 0 Å². The van der Waals surface area contributed by atoms with Gasteiger partial charge in [-0.1, -0.05) is 43.3 Å². The van der Waals surface area contributed by atoms with E-state index in [-0.39, 0.29) is 24.7 Å². The quantitative estimate of drug-likeness (QED) is 0.917. The van der Waals surface area contributed by atoms with Gasteiger partial charge in [-0.3, -0.25) is 4.79 Å². The van der Waals surface area contributed by atoms with E-state index in [2.05, 4.69) is 0 Å². The van der Waals surface area contributed by atoms with E-state index < -0.39 is 0 Å². The van der Waals surface area contributed by atoms with Crippen molar-refractivity contribution in [3.8, 4) is 11.5 Å². The van der Waals surface area contributed by atoms with Crippen LogP contribution in [0, 0.1) is 5.92 Å². The molecule has 5 heteroatoms. The smallest absolute Gasteiger partial charge is 0.231 e. The largest absolute Gasteiger partial charge is 0.454 e. The molecule has 2 aromatic rings. The molecule has 1 heterocycles. The first-order valence-corrected chi connectivity index (χ1v) is 8.00. The Hall–Kier alpha value is -2.53. The molecule has 0 fully saturated rings. The number of nitrogens with two attached hydrogens (primary N) is 1. The Balaban J connectivity index is 1.66. The fourth-order valence-electron chi connectivity index (χ4n) is 2.86. The van der Waals surface area contributed by atoms with Crippen LogP contribution in [0.4, 0.5) is 0 Å². The Morgan fingerprint density at radius 2 is 1.88 bits per heavy atom. The summed E-state index contributed by atoms with van der Waals surface area (Å²) < 4.78 is 10.7. The first-order valence-electron chi connectivity index (χ1n) is 8.00. The number of hydrogen-bond donors (Lipinski definition) is 1. The maximum absolute atomic E-state index is 12.7. The highest BCUT2D eigenvalue weighted by molar-refractivity contribution is 5.79. The third-order valence-corrected chi connectivity index (χ3v) is 4.35. The van der Waals surface area contributed by atoms with Crippen molar-refractivity contribution in [3.63, 3.8) is 0 Å². The summed E-state index contributed by atoms with van der Waals surface area (Å²) in [4.78, 5) is 14.4. The van der Waals surface area contributed by atoms with Gasteiger partial charge < -0.3 is 20.1 Å². The Kier molecular flexibility index (Phi) is 4.71. The predicted molar refractivity (Wildman–Crippen MR) is 91.6 cm³/mol. The minimum atomic E-state index is -0.321. The van der Waals surface area contributed by atoms with E-state index in [9.17, 15) is 4.79 Å². The molecule has 1 aliphatic heterocycles. The fourth-order valence-corrected chi connectivity index (χ4v) is 2.86. The topological polar surface area (TPSA) is 64.8 Å². The van der Waals surface area contributed by atoms with E-state index >= 15 is 0 Å². The normalized spacial score (nSPS) is 15.0. The number of carbonyl (C=O) groups is 1. The number of amides is 1. The zero-order valence-corrected chi connectivity index (χ0v) is 13.9. The summed E-state index contributed by atoms with van der Waals surface area (Å²) >= 11 is 0. The van der Waals surface area contributed by atoms with Crippen molar-refractivity contribution in [2.24, 2.45) is 11.7 Å². The van der Waals surface area contributed by atoms with Crippen LogP contribution in [0.2, 0.25) is 0 Å². The average Bonchev–Trinajstić information content (AvgIpc) is 3.08. The number of rotatable bonds is 5. The van der Waals surface area contributed by atoms with E-state index in [4.69, 9.17) is 15.2 Å². The van der Waals surface area contributed by atoms with Crippen molar-refractivity contribution in [1.82, 2.24) is 4.90 Å². The van der Waals surface area contributed by atoms with Crippen LogP contribution < -0.4 is 15.2 Å². The molecule has 0 aromatic heterocycles. The van der Waals surface area contributed by atoms with E-state index in [1.165, 1.54) is 0 Å². The van der Waals surface area contributed by atoms with E-state index in [0.29, 0.717) is 6.54 Å². The maximum Gasteiger partial charge on any atom is 0.231 e. The number of benzene rings is 2. The van der Waals surface area contributed by atoms with Gasteiger partial charge in [-0.15, -0.1) is 0 Å². The summed E-state index contributed by atoms with van der Waals surface area (Å²) in [5, 5.41) is 0. The molecule has 0 bridgehead atoms. The number of fused-ring (bicyclic) bond motifs is 1. The van der Waals surface area contributed by atoms with Gasteiger partial charge in [0.2, 0.25) is 12.7 Å². The Morgan fingerprint density at radius 1 is 1.17 bits per heavy atom. The zero-order valence-electron chi connectivity index (χ0n) is 13.9. The van der Waals surface area contributed by atoms with Crippen LogP contribution in [0.25, 0.3) is 0 Å². The Labute approximate surface area is 142 Å². The second-order valence-electron chi connectivity index (χ2n) is 6.11. The second-order valence-corrected chi connectivity index (χ2v) is 6.11. The molecule has 2 N–H and O–H groups in total. The van der Waals surface area contributed by atoms with Gasteiger partial charge >= 0.3 is 0 Å². The summed E-state index contributed by atoms with van der Waals surface area (Å²) in [6.07, 6.45) is 0. The highest BCUT2D eigenvalue weighted by atomic mass is 16.7. The average molecular weight is 326 g/mol. The summed E-state index contributed by atoms with van der Waals surface area (Å²) in [6, 6.07) is 15.1. The maximum atomic E-state index is 12.7. The van der Waals surface area contributed by atoms with Crippen molar-refractivity contribution in [2.75, 3.05) is 13.8 Å². The van der Waals surface area contributed by atoms with Crippen LogP contribution in [0.3, 0.4) is 0 Å². The molecule has 5 nitrogen and oxygen atoms in total. The van der Waals surface area contributed by atoms with Gasteiger partial charge in [-0.05, 0) is 23.3 Å². The Morgan fingerprint density at radius 3 is 2.62 bits per heavy atom. The van der Waals surface area contributed by atoms with E-state index in [1.807, 2.05) is 55.5 Å². The minimum absolute atomic E-state index is 0.0176. The second kappa shape index (κ2) is 6.93. The fraction of sp³-hybridized carbons (Fsp3) is 0.316. The van der Waals surface area contributed by atoms with E-state index in [0.717, 1.165) is 22.6 Å². The van der Waals surface area contributed by atoms with Crippen molar-refractivity contribution < 1.29 is 14.3 Å². The monoisotopic (exact) mass is 326 g/mol. The summed E-state index contributed by atoms with van der Waals surface area (Å²) in [6.45, 7) is 2.62. The van der Waals surface area contributed by atoms with Crippen LogP contribution in [-0.2, 0) is 11.3 Å². The lowest BCUT2D eigenvalue weighted by Crippen LogP contribution is -2.36. The standard InChI is InChI=1S/C19H22N2O3/c1-13(18(20)15-6-4-3-5-7-15)19(22)21(2)11-14-8-9-16-17(10-14)24-12-23-16/h3-10,13,18H,11-12,20H2,1-2H3. The molecular formula is C19H22N2O3. The van der Waals surface area contributed by atoms with Gasteiger partial charge in [-0.25, -0.2) is 0 Å². The zero-order chi connectivity index (χ0) is 17.1. The minimum Gasteiger partial charge on any atom is -0.454 e. The molecule has 1 amide bonds. The van der Waals surface area contributed by atoms with Crippen LogP contribution in [0.5, 0.6) is 11.5 Å². The third-order valence-electron chi connectivity index (χ3n) is 4.35. The van der Waals surface area contributed by atoms with Crippen molar-refractivity contribution >= 4 is 5.91 Å². The molecule has 0 radical (unpaired) electrons. The summed E-state index contributed by atoms with van der Waals surface area (Å²) in [5.41, 5.74) is 8.22. The van der Waals surface area contributed by atoms with Gasteiger partial charge in [0.1, 0.15) is 0 Å². The number of carbonyl (C=O) groups excluding carboxylic acids is 1. The number of nitrogens with zero attached hydrogens (tertiary/aromatic N) is 1. The van der Waals surface area contributed by atoms with Crippen LogP contribution in [0.1, 0.15) is 24.1 Å². The molecule has 3 rings (SSSR count). The van der Waals surface area contributed by atoms with E-state index in [1.54, 1.807) is 11.9 Å². The lowest BCUT2D eigenvalue weighted by molar-refractivity contribution is -0.134. The molecular weight excluding hydrogens is 304 g/mol. The Bertz CT molecular complexity index is 718. The molecule has 0 saturated heterocycles. The van der Waals surface area contributed by atoms with Gasteiger partial charge in [-0.2, -0.15) is 0 Å². The lowest BCUT2D eigenvalue weighted by Gasteiger charge is -2.25. The van der Waals surface area contributed by atoms with Gasteiger partial charge in [0.05, 0.1) is 5.92 Å². The first-order chi connectivity index (χ1) is 11.6. The van der Waals surface area contributed by atoms with Crippen LogP contribution in [-0.4, -0.2) is 24.6 Å². The van der Waals surface area contributed by atoms with Crippen molar-refractivity contribution in [3.05, 3.63) is 59.7 Å². The lowest BCUT2D eigenvalue weighted by atomic mass is 9.94. The third kappa shape index (κ3) is 3.36. The summed E-state index contributed by atoms with van der Waals surface area (Å²) in [5.74, 6) is 1.19. The molecule has 0 saturated carbocycles. The van der Waals surface area contributed by atoms with Crippen molar-refractivity contribution in [2.45, 2.75) is 19.5 Å². The number of hydrogen-bond acceptors (Lipinski definition) is 4. The van der Waals surface area contributed by atoms with Crippen molar-refractivity contribution in [1.29, 1.82) is 0 Å². The van der Waals surface area contributed by atoms with Gasteiger partial charge in [0.15, 0.2) is 11.5 Å². The molecule has 0 spiro atoms. The SMILES string of the molecule is CC(C(=O)N(C)Cc1ccc2c(c1)OCO2)C(N)c1ccccc1. The number of ether oxygens (including phenoxy) is 2.